The Morgan fingerprint density at radius 2 is 1.20 bits per heavy atom. The summed E-state index contributed by atoms with van der Waals surface area (Å²) in [5, 5.41) is 0. The molecule has 0 heterocycles. The summed E-state index contributed by atoms with van der Waals surface area (Å²) in [6.45, 7) is 0. The van der Waals surface area contributed by atoms with Gasteiger partial charge in [0.1, 0.15) is 0 Å². The Morgan fingerprint density at radius 1 is 1.20 bits per heavy atom. The molecule has 5 heteroatoms. The van der Waals surface area contributed by atoms with Crippen LogP contribution in [0.3, 0.4) is 0 Å². The molecular formula is Cl3FPt-2. The fourth-order valence-electron chi connectivity index (χ4n) is 0. The van der Waals surface area contributed by atoms with E-state index in [4.69, 9.17) is 0 Å². The molecule has 0 aromatic heterocycles. The van der Waals surface area contributed by atoms with E-state index in [9.17, 15) is 3.16 Å². The molecule has 0 amide bonds. The molecule has 0 aromatic carbocycles. The zero-order valence-corrected chi connectivity index (χ0v) is 6.37. The normalized spacial score (nSPS) is 15.2. The number of rotatable bonds is 0. The van der Waals surface area contributed by atoms with Crippen molar-refractivity contribution in [2.75, 3.05) is 0 Å². The Hall–Kier alpha value is 1.49. The Kier molecular flexibility index (Phi) is 2.56. The standard InChI is InChI=1S/3ClH.FH.Pt/h4*1H;/q;;;;+2/p-4. The van der Waals surface area contributed by atoms with Crippen LogP contribution in [0.4, 0.5) is 3.16 Å². The molecule has 0 rings (SSSR count). The van der Waals surface area contributed by atoms with Gasteiger partial charge in [0.2, 0.25) is 0 Å². The zero-order chi connectivity index (χ0) is 4.50. The van der Waals surface area contributed by atoms with Gasteiger partial charge in [-0.15, -0.1) is 0 Å². The van der Waals surface area contributed by atoms with E-state index in [2.05, 4.69) is 28.3 Å². The minimum atomic E-state index is -4.03. The van der Waals surface area contributed by atoms with E-state index in [1.54, 1.807) is 0 Å². The van der Waals surface area contributed by atoms with E-state index in [1.807, 2.05) is 0 Å². The van der Waals surface area contributed by atoms with Crippen LogP contribution in [-0.4, -0.2) is 0 Å². The second-order valence-electron chi connectivity index (χ2n) is 0.271. The van der Waals surface area contributed by atoms with Gasteiger partial charge in [-0.2, -0.15) is 0 Å². The van der Waals surface area contributed by atoms with E-state index in [0.717, 1.165) is 0 Å². The van der Waals surface area contributed by atoms with E-state index >= 15 is 0 Å². The molecule has 0 saturated heterocycles. The Balaban J connectivity index is 3.02. The molecule has 0 radical (unpaired) electrons. The average molecular weight is 320 g/mol. The second kappa shape index (κ2) is 1.97. The monoisotopic (exact) mass is 319 g/mol. The van der Waals surface area contributed by atoms with Crippen molar-refractivity contribution in [2.45, 2.75) is 0 Å². The Bertz CT molecular complexity index is 22.4. The van der Waals surface area contributed by atoms with Gasteiger partial charge in [0.15, 0.2) is 0 Å². The second-order valence-corrected chi connectivity index (χ2v) is 13.3. The summed E-state index contributed by atoms with van der Waals surface area (Å²) < 4.78 is 11.2. The van der Waals surface area contributed by atoms with Crippen molar-refractivity contribution in [3.8, 4) is 0 Å². The van der Waals surface area contributed by atoms with Crippen LogP contribution in [0.25, 0.3) is 0 Å². The fourth-order valence-corrected chi connectivity index (χ4v) is 0. The zero-order valence-electron chi connectivity index (χ0n) is 1.83. The van der Waals surface area contributed by atoms with Gasteiger partial charge in [0.05, 0.1) is 0 Å². The van der Waals surface area contributed by atoms with Crippen LogP contribution in [0.5, 0.6) is 0 Å². The summed E-state index contributed by atoms with van der Waals surface area (Å²) in [5.74, 6) is 0. The molecule has 40 valence electrons. The van der Waals surface area contributed by atoms with Crippen LogP contribution < -0.4 is 0 Å². The van der Waals surface area contributed by atoms with Crippen molar-refractivity contribution in [1.82, 2.24) is 0 Å². The van der Waals surface area contributed by atoms with Crippen LogP contribution in [0.1, 0.15) is 0 Å². The van der Waals surface area contributed by atoms with Crippen molar-refractivity contribution in [3.63, 3.8) is 0 Å². The molecule has 0 aromatic rings. The molecule has 0 atom stereocenters. The van der Waals surface area contributed by atoms with Crippen LogP contribution >= 0.6 is 28.3 Å². The average Bonchev–Trinajstić information content (AvgIpc) is 0.722. The van der Waals surface area contributed by atoms with Gasteiger partial charge in [-0.1, -0.05) is 0 Å². The molecule has 0 saturated carbocycles. The molecular weight excluding hydrogens is 320 g/mol. The third kappa shape index (κ3) is 30.1. The first kappa shape index (κ1) is 6.49. The van der Waals surface area contributed by atoms with E-state index in [0.29, 0.717) is 0 Å². The van der Waals surface area contributed by atoms with E-state index in [-0.39, 0.29) is 0 Å². The third-order valence-corrected chi connectivity index (χ3v) is 0. The Labute approximate surface area is 44.8 Å². The maximum absolute atomic E-state index is 11.2. The summed E-state index contributed by atoms with van der Waals surface area (Å²) in [6.07, 6.45) is 0. The molecule has 5 heavy (non-hydrogen) atoms. The molecule has 0 unspecified atom stereocenters. The van der Waals surface area contributed by atoms with Gasteiger partial charge in [-0.05, 0) is 0 Å². The summed E-state index contributed by atoms with van der Waals surface area (Å²) in [5.41, 5.74) is 0. The number of halogens is 4. The van der Waals surface area contributed by atoms with Crippen molar-refractivity contribution < 1.29 is 16.6 Å². The molecule has 0 aliphatic rings. The van der Waals surface area contributed by atoms with E-state index in [1.165, 1.54) is 0 Å². The van der Waals surface area contributed by atoms with Crippen LogP contribution in [-0.2, 0) is 13.5 Å². The fraction of sp³-hybridized carbons (Fsp3) is 0. The summed E-state index contributed by atoms with van der Waals surface area (Å²) in [7, 11) is 13.7. The van der Waals surface area contributed by atoms with Gasteiger partial charge in [-0.3, -0.25) is 0 Å². The first-order valence-corrected chi connectivity index (χ1v) is 9.78. The maximum atomic E-state index is 11.2. The van der Waals surface area contributed by atoms with Crippen molar-refractivity contribution in [2.24, 2.45) is 0 Å². The summed E-state index contributed by atoms with van der Waals surface area (Å²) in [4.78, 5) is 0. The molecule has 0 fully saturated rings. The predicted molar refractivity (Wildman–Crippen MR) is 18.7 cm³/mol. The van der Waals surface area contributed by atoms with Crippen LogP contribution in [0, 0.1) is 0 Å². The first-order valence-electron chi connectivity index (χ1n) is 0.478. The topological polar surface area (TPSA) is 0 Å². The number of hydrogen-bond acceptors (Lipinski definition) is 0. The van der Waals surface area contributed by atoms with Crippen LogP contribution in [0.2, 0.25) is 0 Å². The molecule has 0 N–H and O–H groups in total. The van der Waals surface area contributed by atoms with Gasteiger partial charge < -0.3 is 0 Å². The third-order valence-electron chi connectivity index (χ3n) is 0. The summed E-state index contributed by atoms with van der Waals surface area (Å²) in [6, 6.07) is 0. The SMILES string of the molecule is [F][Pt-2]([Cl])([Cl])[Cl]. The predicted octanol–water partition coefficient (Wildman–Crippen LogP) is 2.49. The molecule has 0 spiro atoms. The molecule has 0 nitrogen and oxygen atoms in total. The van der Waals surface area contributed by atoms with Gasteiger partial charge in [0, 0.05) is 0 Å². The Morgan fingerprint density at radius 3 is 1.20 bits per heavy atom. The molecule has 0 aliphatic heterocycles. The molecule has 0 aliphatic carbocycles. The summed E-state index contributed by atoms with van der Waals surface area (Å²) >= 11 is -4.03. The number of hydrogen-bond donors (Lipinski definition) is 0. The van der Waals surface area contributed by atoms with E-state index < -0.39 is 13.5 Å². The first-order chi connectivity index (χ1) is 2.00. The van der Waals surface area contributed by atoms with Gasteiger partial charge in [0.25, 0.3) is 0 Å². The van der Waals surface area contributed by atoms with Crippen LogP contribution in [0.15, 0.2) is 0 Å². The van der Waals surface area contributed by atoms with Crippen molar-refractivity contribution >= 4 is 28.3 Å². The minimum absolute atomic E-state index is 4.03. The van der Waals surface area contributed by atoms with Crippen molar-refractivity contribution in [3.05, 3.63) is 0 Å². The van der Waals surface area contributed by atoms with Crippen molar-refractivity contribution in [1.29, 1.82) is 0 Å². The quantitative estimate of drug-likeness (QED) is 0.643. The van der Waals surface area contributed by atoms with Gasteiger partial charge >= 0.3 is 44.9 Å². The van der Waals surface area contributed by atoms with Gasteiger partial charge in [-0.25, -0.2) is 0 Å². The molecule has 0 bridgehead atoms.